The van der Waals surface area contributed by atoms with E-state index in [2.05, 4.69) is 19.2 Å². The minimum Gasteiger partial charge on any atom is -0.342 e. The third-order valence-electron chi connectivity index (χ3n) is 2.43. The van der Waals surface area contributed by atoms with E-state index in [1.54, 1.807) is 0 Å². The Balaban J connectivity index is 2.37. The zero-order chi connectivity index (χ0) is 9.68. The summed E-state index contributed by atoms with van der Waals surface area (Å²) in [6.07, 6.45) is 2.12. The monoisotopic (exact) mass is 184 g/mol. The van der Waals surface area contributed by atoms with Crippen LogP contribution in [0.2, 0.25) is 0 Å². The molecule has 3 heteroatoms. The quantitative estimate of drug-likeness (QED) is 0.687. The predicted molar refractivity (Wildman–Crippen MR) is 53.5 cm³/mol. The van der Waals surface area contributed by atoms with Crippen molar-refractivity contribution in [2.24, 2.45) is 5.92 Å². The Labute approximate surface area is 80.5 Å². The van der Waals surface area contributed by atoms with Crippen LogP contribution in [0.1, 0.15) is 26.7 Å². The van der Waals surface area contributed by atoms with Gasteiger partial charge in [-0.2, -0.15) is 0 Å². The van der Waals surface area contributed by atoms with Crippen LogP contribution in [0.3, 0.4) is 0 Å². The molecular weight excluding hydrogens is 164 g/mol. The highest BCUT2D eigenvalue weighted by Gasteiger charge is 2.28. The van der Waals surface area contributed by atoms with Gasteiger partial charge in [0.15, 0.2) is 0 Å². The number of nitrogens with zero attached hydrogens (tertiary/aromatic N) is 1. The van der Waals surface area contributed by atoms with Crippen molar-refractivity contribution in [2.45, 2.75) is 26.7 Å². The van der Waals surface area contributed by atoms with E-state index in [0.29, 0.717) is 5.91 Å². The van der Waals surface area contributed by atoms with Gasteiger partial charge in [-0.15, -0.1) is 0 Å². The molecule has 3 nitrogen and oxygen atoms in total. The fourth-order valence-electron chi connectivity index (χ4n) is 1.59. The molecule has 1 fully saturated rings. The number of hydrogen-bond acceptors (Lipinski definition) is 2. The van der Waals surface area contributed by atoms with Crippen molar-refractivity contribution in [3.05, 3.63) is 0 Å². The molecule has 1 aliphatic rings. The smallest absolute Gasteiger partial charge is 0.228 e. The fourth-order valence-corrected chi connectivity index (χ4v) is 1.59. The summed E-state index contributed by atoms with van der Waals surface area (Å²) in [6.45, 7) is 7.84. The second-order valence-electron chi connectivity index (χ2n) is 3.68. The average Bonchev–Trinajstić information content (AvgIpc) is 2.01. The van der Waals surface area contributed by atoms with Gasteiger partial charge in [0.1, 0.15) is 0 Å². The van der Waals surface area contributed by atoms with Crippen molar-refractivity contribution in [2.75, 3.05) is 26.2 Å². The van der Waals surface area contributed by atoms with E-state index >= 15 is 0 Å². The van der Waals surface area contributed by atoms with Gasteiger partial charge in [0.25, 0.3) is 0 Å². The molecule has 1 rings (SSSR count). The summed E-state index contributed by atoms with van der Waals surface area (Å²) < 4.78 is 0. The number of carbonyl (C=O) groups excluding carboxylic acids is 1. The molecule has 1 saturated heterocycles. The maximum absolute atomic E-state index is 11.8. The van der Waals surface area contributed by atoms with Crippen LogP contribution in [0.5, 0.6) is 0 Å². The standard InChI is InChI=1S/C10H20N2O/c1-3-5-12(6-4-2)10(13)9-7-11-8-9/h9,11H,3-8H2,1-2H3. The summed E-state index contributed by atoms with van der Waals surface area (Å²) in [5.41, 5.74) is 0. The van der Waals surface area contributed by atoms with Gasteiger partial charge in [-0.25, -0.2) is 0 Å². The molecule has 1 heterocycles. The van der Waals surface area contributed by atoms with Crippen LogP contribution < -0.4 is 5.32 Å². The largest absolute Gasteiger partial charge is 0.342 e. The predicted octanol–water partition coefficient (Wildman–Crippen LogP) is 0.854. The molecule has 0 aliphatic carbocycles. The normalized spacial score (nSPS) is 16.8. The van der Waals surface area contributed by atoms with Crippen molar-refractivity contribution >= 4 is 5.91 Å². The highest BCUT2D eigenvalue weighted by molar-refractivity contribution is 5.80. The number of amides is 1. The Hall–Kier alpha value is -0.570. The molecule has 1 N–H and O–H groups in total. The molecule has 0 aromatic heterocycles. The van der Waals surface area contributed by atoms with E-state index in [1.807, 2.05) is 4.90 Å². The van der Waals surface area contributed by atoms with Crippen molar-refractivity contribution in [3.8, 4) is 0 Å². The third kappa shape index (κ3) is 2.69. The van der Waals surface area contributed by atoms with Crippen molar-refractivity contribution in [1.29, 1.82) is 0 Å². The lowest BCUT2D eigenvalue weighted by Crippen LogP contribution is -2.52. The Kier molecular flexibility index (Phi) is 4.22. The molecule has 0 spiro atoms. The lowest BCUT2D eigenvalue weighted by atomic mass is 10.0. The minimum absolute atomic E-state index is 0.262. The molecular formula is C10H20N2O. The highest BCUT2D eigenvalue weighted by atomic mass is 16.2. The summed E-state index contributed by atoms with van der Waals surface area (Å²) in [4.78, 5) is 13.8. The summed E-state index contributed by atoms with van der Waals surface area (Å²) in [5, 5.41) is 3.13. The van der Waals surface area contributed by atoms with Crippen LogP contribution in [-0.4, -0.2) is 37.0 Å². The summed E-state index contributed by atoms with van der Waals surface area (Å²) in [7, 11) is 0. The van der Waals surface area contributed by atoms with Gasteiger partial charge >= 0.3 is 0 Å². The van der Waals surface area contributed by atoms with E-state index in [0.717, 1.165) is 39.0 Å². The molecule has 0 aromatic rings. The van der Waals surface area contributed by atoms with Crippen LogP contribution in [0.15, 0.2) is 0 Å². The molecule has 0 aromatic carbocycles. The number of hydrogen-bond donors (Lipinski definition) is 1. The molecule has 76 valence electrons. The average molecular weight is 184 g/mol. The zero-order valence-corrected chi connectivity index (χ0v) is 8.68. The molecule has 0 saturated carbocycles. The molecule has 0 radical (unpaired) electrons. The van der Waals surface area contributed by atoms with Crippen LogP contribution in [-0.2, 0) is 4.79 Å². The van der Waals surface area contributed by atoms with Crippen LogP contribution in [0, 0.1) is 5.92 Å². The number of carbonyl (C=O) groups is 1. The van der Waals surface area contributed by atoms with E-state index < -0.39 is 0 Å². The van der Waals surface area contributed by atoms with E-state index in [4.69, 9.17) is 0 Å². The molecule has 1 aliphatic heterocycles. The van der Waals surface area contributed by atoms with Crippen LogP contribution in [0.25, 0.3) is 0 Å². The Morgan fingerprint density at radius 1 is 1.31 bits per heavy atom. The molecule has 0 unspecified atom stereocenters. The van der Waals surface area contributed by atoms with Gasteiger partial charge in [-0.3, -0.25) is 4.79 Å². The first-order valence-electron chi connectivity index (χ1n) is 5.29. The first kappa shape index (κ1) is 10.5. The van der Waals surface area contributed by atoms with Gasteiger partial charge in [0, 0.05) is 26.2 Å². The molecule has 0 bridgehead atoms. The topological polar surface area (TPSA) is 32.3 Å². The maximum Gasteiger partial charge on any atom is 0.228 e. The van der Waals surface area contributed by atoms with Gasteiger partial charge < -0.3 is 10.2 Å². The van der Waals surface area contributed by atoms with Crippen molar-refractivity contribution < 1.29 is 4.79 Å². The summed E-state index contributed by atoms with van der Waals surface area (Å²) in [6, 6.07) is 0. The number of rotatable bonds is 5. The van der Waals surface area contributed by atoms with Gasteiger partial charge in [-0.05, 0) is 12.8 Å². The van der Waals surface area contributed by atoms with Crippen molar-refractivity contribution in [1.82, 2.24) is 10.2 Å². The SMILES string of the molecule is CCCN(CCC)C(=O)C1CNC1. The zero-order valence-electron chi connectivity index (χ0n) is 8.68. The lowest BCUT2D eigenvalue weighted by Gasteiger charge is -2.32. The summed E-state index contributed by atoms with van der Waals surface area (Å²) in [5.74, 6) is 0.612. The van der Waals surface area contributed by atoms with Crippen LogP contribution >= 0.6 is 0 Å². The molecule has 13 heavy (non-hydrogen) atoms. The van der Waals surface area contributed by atoms with Gasteiger partial charge in [0.2, 0.25) is 5.91 Å². The van der Waals surface area contributed by atoms with Crippen molar-refractivity contribution in [3.63, 3.8) is 0 Å². The first-order valence-corrected chi connectivity index (χ1v) is 5.29. The van der Waals surface area contributed by atoms with E-state index in [1.165, 1.54) is 0 Å². The van der Waals surface area contributed by atoms with Crippen LogP contribution in [0.4, 0.5) is 0 Å². The third-order valence-corrected chi connectivity index (χ3v) is 2.43. The molecule has 0 atom stereocenters. The minimum atomic E-state index is 0.262. The van der Waals surface area contributed by atoms with E-state index in [-0.39, 0.29) is 5.92 Å². The molecule has 1 amide bonds. The lowest BCUT2D eigenvalue weighted by molar-refractivity contribution is -0.137. The maximum atomic E-state index is 11.8. The van der Waals surface area contributed by atoms with E-state index in [9.17, 15) is 4.79 Å². The highest BCUT2D eigenvalue weighted by Crippen LogP contribution is 2.09. The van der Waals surface area contributed by atoms with Gasteiger partial charge in [0.05, 0.1) is 5.92 Å². The Bertz CT molecular complexity index is 160. The number of nitrogens with one attached hydrogen (secondary N) is 1. The summed E-state index contributed by atoms with van der Waals surface area (Å²) >= 11 is 0. The van der Waals surface area contributed by atoms with Gasteiger partial charge in [-0.1, -0.05) is 13.8 Å². The second kappa shape index (κ2) is 5.22. The Morgan fingerprint density at radius 2 is 1.85 bits per heavy atom. The second-order valence-corrected chi connectivity index (χ2v) is 3.68. The first-order chi connectivity index (χ1) is 6.29. The fraction of sp³-hybridized carbons (Fsp3) is 0.900. The Morgan fingerprint density at radius 3 is 2.15 bits per heavy atom.